The van der Waals surface area contributed by atoms with Crippen LogP contribution in [0.4, 0.5) is 5.82 Å². The Hall–Kier alpha value is -1.34. The lowest BCUT2D eigenvalue weighted by atomic mass is 10.5. The minimum atomic E-state index is -0.00926. The predicted octanol–water partition coefficient (Wildman–Crippen LogP) is 0.584. The smallest absolute Gasteiger partial charge is 0.235 e. The summed E-state index contributed by atoms with van der Waals surface area (Å²) in [6.45, 7) is 0. The van der Waals surface area contributed by atoms with Gasteiger partial charge in [0.15, 0.2) is 0 Å². The molecular formula is C5H3ClN4. The van der Waals surface area contributed by atoms with E-state index in [1.807, 2.05) is 0 Å². The molecule has 1 aromatic rings. The summed E-state index contributed by atoms with van der Waals surface area (Å²) in [7, 11) is 0. The average Bonchev–Trinajstić information content (AvgIpc) is 1.85. The van der Waals surface area contributed by atoms with Crippen LogP contribution in [0.3, 0.4) is 0 Å². The molecule has 0 fully saturated rings. The van der Waals surface area contributed by atoms with Crippen molar-refractivity contribution in [3.63, 3.8) is 0 Å². The van der Waals surface area contributed by atoms with Gasteiger partial charge in [0, 0.05) is 6.07 Å². The molecule has 0 atom stereocenters. The van der Waals surface area contributed by atoms with E-state index in [0.29, 0.717) is 0 Å². The number of halogens is 1. The summed E-state index contributed by atoms with van der Waals surface area (Å²) in [6.07, 6.45) is 0. The molecule has 0 saturated heterocycles. The predicted molar refractivity (Wildman–Crippen MR) is 36.2 cm³/mol. The van der Waals surface area contributed by atoms with Gasteiger partial charge in [-0.2, -0.15) is 5.26 Å². The first-order chi connectivity index (χ1) is 4.72. The molecule has 0 spiro atoms. The molecule has 0 aliphatic carbocycles. The molecule has 50 valence electrons. The minimum Gasteiger partial charge on any atom is -0.384 e. The van der Waals surface area contributed by atoms with Crippen molar-refractivity contribution in [1.82, 2.24) is 9.97 Å². The zero-order valence-electron chi connectivity index (χ0n) is 4.87. The maximum absolute atomic E-state index is 8.30. The highest BCUT2D eigenvalue weighted by Crippen LogP contribution is 2.06. The van der Waals surface area contributed by atoms with E-state index in [1.54, 1.807) is 6.07 Å². The van der Waals surface area contributed by atoms with Crippen LogP contribution < -0.4 is 5.73 Å². The number of hydrogen-bond donors (Lipinski definition) is 1. The molecule has 0 aromatic carbocycles. The Bertz CT molecular complexity index is 270. The van der Waals surface area contributed by atoms with Crippen LogP contribution in [0, 0.1) is 11.3 Å². The monoisotopic (exact) mass is 154 g/mol. The first-order valence-electron chi connectivity index (χ1n) is 2.42. The van der Waals surface area contributed by atoms with Crippen LogP contribution in [-0.2, 0) is 0 Å². The van der Waals surface area contributed by atoms with Crippen molar-refractivity contribution < 1.29 is 0 Å². The fourth-order valence-electron chi connectivity index (χ4n) is 0.485. The van der Waals surface area contributed by atoms with Gasteiger partial charge in [-0.05, 0) is 0 Å². The number of nitrogens with zero attached hydrogens (tertiary/aromatic N) is 3. The standard InChI is InChI=1S/C5H3ClN4/c6-3-1-4(8)10-5(2-7)9-3/h1H,(H2,8,9,10). The second-order valence-corrected chi connectivity index (χ2v) is 1.94. The van der Waals surface area contributed by atoms with Crippen LogP contribution in [0.25, 0.3) is 0 Å². The van der Waals surface area contributed by atoms with Crippen molar-refractivity contribution in [1.29, 1.82) is 5.26 Å². The molecule has 0 amide bonds. The molecule has 0 unspecified atom stereocenters. The molecule has 0 aliphatic rings. The summed E-state index contributed by atoms with van der Waals surface area (Å²) in [6, 6.07) is 3.10. The lowest BCUT2D eigenvalue weighted by Crippen LogP contribution is -1.95. The minimum absolute atomic E-state index is 0.00926. The van der Waals surface area contributed by atoms with Gasteiger partial charge in [-0.15, -0.1) is 0 Å². The topological polar surface area (TPSA) is 75.6 Å². The fraction of sp³-hybridized carbons (Fsp3) is 0. The van der Waals surface area contributed by atoms with Gasteiger partial charge < -0.3 is 5.73 Å². The number of anilines is 1. The third kappa shape index (κ3) is 1.33. The highest BCUT2D eigenvalue weighted by Gasteiger charge is 1.97. The Morgan fingerprint density at radius 3 is 2.80 bits per heavy atom. The number of aromatic nitrogens is 2. The van der Waals surface area contributed by atoms with Crippen molar-refractivity contribution in [3.8, 4) is 6.07 Å². The number of nitrogens with two attached hydrogens (primary N) is 1. The van der Waals surface area contributed by atoms with Crippen LogP contribution >= 0.6 is 11.6 Å². The van der Waals surface area contributed by atoms with Crippen molar-refractivity contribution >= 4 is 17.4 Å². The van der Waals surface area contributed by atoms with E-state index in [-0.39, 0.29) is 16.8 Å². The van der Waals surface area contributed by atoms with Crippen molar-refractivity contribution in [3.05, 3.63) is 17.0 Å². The molecule has 0 aliphatic heterocycles. The fourth-order valence-corrected chi connectivity index (χ4v) is 0.677. The number of nitriles is 1. The SMILES string of the molecule is N#Cc1nc(N)cc(Cl)n1. The van der Waals surface area contributed by atoms with Gasteiger partial charge >= 0.3 is 0 Å². The third-order valence-corrected chi connectivity index (χ3v) is 1.01. The first-order valence-corrected chi connectivity index (χ1v) is 2.80. The maximum atomic E-state index is 8.30. The summed E-state index contributed by atoms with van der Waals surface area (Å²) in [5.41, 5.74) is 5.25. The Morgan fingerprint density at radius 2 is 2.30 bits per heavy atom. The molecular weight excluding hydrogens is 152 g/mol. The van der Waals surface area contributed by atoms with Gasteiger partial charge in [-0.1, -0.05) is 11.6 Å². The Kier molecular flexibility index (Phi) is 1.69. The third-order valence-electron chi connectivity index (χ3n) is 0.815. The highest BCUT2D eigenvalue weighted by atomic mass is 35.5. The van der Waals surface area contributed by atoms with Gasteiger partial charge in [0.05, 0.1) is 0 Å². The van der Waals surface area contributed by atoms with Gasteiger partial charge in [0.1, 0.15) is 17.0 Å². The Labute approximate surface area is 62.3 Å². The van der Waals surface area contributed by atoms with E-state index in [4.69, 9.17) is 22.6 Å². The van der Waals surface area contributed by atoms with E-state index >= 15 is 0 Å². The lowest BCUT2D eigenvalue weighted by molar-refractivity contribution is 1.12. The summed E-state index contributed by atoms with van der Waals surface area (Å²) >= 11 is 5.45. The van der Waals surface area contributed by atoms with Crippen LogP contribution in [-0.4, -0.2) is 9.97 Å². The van der Waals surface area contributed by atoms with Crippen LogP contribution in [0.5, 0.6) is 0 Å². The molecule has 0 saturated carbocycles. The zero-order chi connectivity index (χ0) is 7.56. The number of hydrogen-bond acceptors (Lipinski definition) is 4. The lowest BCUT2D eigenvalue weighted by Gasteiger charge is -1.91. The zero-order valence-corrected chi connectivity index (χ0v) is 5.63. The highest BCUT2D eigenvalue weighted by molar-refractivity contribution is 6.29. The summed E-state index contributed by atoms with van der Waals surface area (Å²) < 4.78 is 0. The molecule has 10 heavy (non-hydrogen) atoms. The Morgan fingerprint density at radius 1 is 1.60 bits per heavy atom. The van der Waals surface area contributed by atoms with E-state index < -0.39 is 0 Å². The summed E-state index contributed by atoms with van der Waals surface area (Å²) in [4.78, 5) is 7.14. The van der Waals surface area contributed by atoms with E-state index in [0.717, 1.165) is 0 Å². The quantitative estimate of drug-likeness (QED) is 0.555. The molecule has 0 radical (unpaired) electrons. The number of rotatable bonds is 0. The molecule has 1 aromatic heterocycles. The maximum Gasteiger partial charge on any atom is 0.235 e. The van der Waals surface area contributed by atoms with Gasteiger partial charge in [0.25, 0.3) is 0 Å². The summed E-state index contributed by atoms with van der Waals surface area (Å²) in [5, 5.41) is 8.48. The van der Waals surface area contributed by atoms with E-state index in [9.17, 15) is 0 Å². The second-order valence-electron chi connectivity index (χ2n) is 1.55. The van der Waals surface area contributed by atoms with E-state index in [1.165, 1.54) is 6.07 Å². The molecule has 4 nitrogen and oxygen atoms in total. The summed E-state index contributed by atoms with van der Waals surface area (Å²) in [5.74, 6) is 0.196. The second kappa shape index (κ2) is 2.50. The van der Waals surface area contributed by atoms with Crippen molar-refractivity contribution in [2.24, 2.45) is 0 Å². The largest absolute Gasteiger partial charge is 0.384 e. The number of nitrogen functional groups attached to an aromatic ring is 1. The van der Waals surface area contributed by atoms with Crippen LogP contribution in [0.15, 0.2) is 6.07 Å². The van der Waals surface area contributed by atoms with Gasteiger partial charge in [-0.3, -0.25) is 0 Å². The molecule has 2 N–H and O–H groups in total. The normalized spacial score (nSPS) is 8.80. The molecule has 1 heterocycles. The van der Waals surface area contributed by atoms with E-state index in [2.05, 4.69) is 9.97 Å². The van der Waals surface area contributed by atoms with Crippen molar-refractivity contribution in [2.75, 3.05) is 5.73 Å². The van der Waals surface area contributed by atoms with Crippen LogP contribution in [0.2, 0.25) is 5.15 Å². The molecule has 0 bridgehead atoms. The van der Waals surface area contributed by atoms with Gasteiger partial charge in [-0.25, -0.2) is 9.97 Å². The van der Waals surface area contributed by atoms with Crippen LogP contribution in [0.1, 0.15) is 5.82 Å². The average molecular weight is 155 g/mol. The first kappa shape index (κ1) is 6.78. The van der Waals surface area contributed by atoms with Crippen molar-refractivity contribution in [2.45, 2.75) is 0 Å². The molecule has 1 rings (SSSR count). The molecule has 5 heteroatoms. The Balaban J connectivity index is 3.22. The van der Waals surface area contributed by atoms with Gasteiger partial charge in [0.2, 0.25) is 5.82 Å².